The fraction of sp³-hybridized carbons (Fsp3) is 0.462. The molecule has 1 heterocycles. The smallest absolute Gasteiger partial charge is 0.262 e. The zero-order valence-electron chi connectivity index (χ0n) is 10.1. The van der Waals surface area contributed by atoms with Crippen LogP contribution in [0.4, 0.5) is 8.78 Å². The van der Waals surface area contributed by atoms with Crippen LogP contribution in [0.2, 0.25) is 0 Å². The van der Waals surface area contributed by atoms with Crippen LogP contribution in [0.5, 0.6) is 0 Å². The molecule has 0 spiro atoms. The van der Waals surface area contributed by atoms with Crippen LogP contribution in [-0.2, 0) is 4.79 Å². The lowest BCUT2D eigenvalue weighted by Gasteiger charge is -2.17. The maximum Gasteiger partial charge on any atom is 0.262 e. The monoisotopic (exact) mass is 254 g/mol. The van der Waals surface area contributed by atoms with Gasteiger partial charge in [0.1, 0.15) is 0 Å². The summed E-state index contributed by atoms with van der Waals surface area (Å²) in [7, 11) is 0. The molecular formula is C13H16F2N2O. The molecule has 0 radical (unpaired) electrons. The van der Waals surface area contributed by atoms with Crippen LogP contribution in [-0.4, -0.2) is 24.4 Å². The lowest BCUT2D eigenvalue weighted by Crippen LogP contribution is -2.41. The zero-order chi connectivity index (χ0) is 13.2. The molecule has 0 saturated carbocycles. The van der Waals surface area contributed by atoms with E-state index in [0.717, 1.165) is 5.56 Å². The Morgan fingerprint density at radius 2 is 2.11 bits per heavy atom. The Labute approximate surface area is 105 Å². The average molecular weight is 254 g/mol. The second-order valence-corrected chi connectivity index (χ2v) is 4.63. The first-order valence-corrected chi connectivity index (χ1v) is 5.94. The summed E-state index contributed by atoms with van der Waals surface area (Å²) in [4.78, 5) is 11.8. The van der Waals surface area contributed by atoms with Crippen LogP contribution in [0.1, 0.15) is 24.9 Å². The fourth-order valence-corrected chi connectivity index (χ4v) is 2.04. The third-order valence-corrected chi connectivity index (χ3v) is 3.08. The van der Waals surface area contributed by atoms with Crippen molar-refractivity contribution in [1.29, 1.82) is 0 Å². The predicted octanol–water partition coefficient (Wildman–Crippen LogP) is 1.86. The Balaban J connectivity index is 1.92. The molecular weight excluding hydrogens is 238 g/mol. The van der Waals surface area contributed by atoms with Crippen LogP contribution in [0.25, 0.3) is 0 Å². The summed E-state index contributed by atoms with van der Waals surface area (Å²) < 4.78 is 25.9. The summed E-state index contributed by atoms with van der Waals surface area (Å²) in [5.74, 6) is -3.15. The lowest BCUT2D eigenvalue weighted by atomic mass is 10.1. The Hall–Kier alpha value is -1.49. The van der Waals surface area contributed by atoms with Crippen LogP contribution >= 0.6 is 0 Å². The number of rotatable bonds is 3. The number of halogens is 2. The number of hydrogen-bond donors (Lipinski definition) is 2. The molecule has 2 N–H and O–H groups in total. The first-order chi connectivity index (χ1) is 8.48. The maximum atomic E-state index is 13.0. The minimum absolute atomic E-state index is 0.185. The van der Waals surface area contributed by atoms with Gasteiger partial charge in [-0.05, 0) is 12.5 Å². The van der Waals surface area contributed by atoms with Gasteiger partial charge in [0.15, 0.2) is 0 Å². The van der Waals surface area contributed by atoms with Crippen molar-refractivity contribution in [1.82, 2.24) is 10.6 Å². The van der Waals surface area contributed by atoms with Crippen LogP contribution < -0.4 is 10.6 Å². The van der Waals surface area contributed by atoms with Gasteiger partial charge in [-0.15, -0.1) is 0 Å². The number of hydrogen-bond acceptors (Lipinski definition) is 2. The van der Waals surface area contributed by atoms with Gasteiger partial charge < -0.3 is 5.32 Å². The first kappa shape index (κ1) is 13.0. The Morgan fingerprint density at radius 1 is 1.44 bits per heavy atom. The highest BCUT2D eigenvalue weighted by molar-refractivity contribution is 5.82. The molecule has 2 atom stereocenters. The Bertz CT molecular complexity index is 422. The van der Waals surface area contributed by atoms with Crippen molar-refractivity contribution in [2.75, 3.05) is 6.54 Å². The fourth-order valence-electron chi connectivity index (χ4n) is 2.04. The summed E-state index contributed by atoms with van der Waals surface area (Å²) in [6.45, 7) is 1.41. The third kappa shape index (κ3) is 3.04. The highest BCUT2D eigenvalue weighted by Crippen LogP contribution is 2.25. The van der Waals surface area contributed by atoms with E-state index >= 15 is 0 Å². The normalized spacial score (nSPS) is 23.6. The highest BCUT2D eigenvalue weighted by Gasteiger charge is 2.42. The van der Waals surface area contributed by atoms with Crippen molar-refractivity contribution in [3.63, 3.8) is 0 Å². The van der Waals surface area contributed by atoms with Gasteiger partial charge in [-0.1, -0.05) is 30.3 Å². The molecule has 1 aliphatic heterocycles. The minimum atomic E-state index is -2.78. The van der Waals surface area contributed by atoms with Gasteiger partial charge >= 0.3 is 0 Å². The largest absolute Gasteiger partial charge is 0.348 e. The van der Waals surface area contributed by atoms with E-state index in [1.165, 1.54) is 0 Å². The van der Waals surface area contributed by atoms with E-state index in [4.69, 9.17) is 0 Å². The van der Waals surface area contributed by atoms with E-state index in [1.54, 1.807) is 0 Å². The number of carbonyl (C=O) groups is 1. The van der Waals surface area contributed by atoms with Crippen molar-refractivity contribution in [2.45, 2.75) is 31.4 Å². The second-order valence-electron chi connectivity index (χ2n) is 4.63. The van der Waals surface area contributed by atoms with Crippen LogP contribution in [0.15, 0.2) is 30.3 Å². The molecule has 0 bridgehead atoms. The summed E-state index contributed by atoms with van der Waals surface area (Å²) in [5.41, 5.74) is 0.954. The molecule has 0 aromatic heterocycles. The molecule has 1 fully saturated rings. The quantitative estimate of drug-likeness (QED) is 0.864. The van der Waals surface area contributed by atoms with Crippen molar-refractivity contribution in [3.8, 4) is 0 Å². The molecule has 1 aromatic rings. The number of benzene rings is 1. The minimum Gasteiger partial charge on any atom is -0.348 e. The number of nitrogens with one attached hydrogen (secondary N) is 2. The molecule has 1 aliphatic rings. The van der Waals surface area contributed by atoms with Gasteiger partial charge in [-0.2, -0.15) is 0 Å². The van der Waals surface area contributed by atoms with Crippen molar-refractivity contribution >= 4 is 5.91 Å². The van der Waals surface area contributed by atoms with Crippen molar-refractivity contribution < 1.29 is 13.6 Å². The molecule has 2 rings (SSSR count). The number of alkyl halides is 2. The van der Waals surface area contributed by atoms with Crippen LogP contribution in [0, 0.1) is 0 Å². The average Bonchev–Trinajstić information content (AvgIpc) is 2.71. The Kier molecular flexibility index (Phi) is 3.61. The second kappa shape index (κ2) is 5.02. The predicted molar refractivity (Wildman–Crippen MR) is 64.4 cm³/mol. The van der Waals surface area contributed by atoms with E-state index in [-0.39, 0.29) is 11.9 Å². The molecule has 2 unspecified atom stereocenters. The molecule has 3 nitrogen and oxygen atoms in total. The Morgan fingerprint density at radius 3 is 2.67 bits per heavy atom. The summed E-state index contributed by atoms with van der Waals surface area (Å²) in [6, 6.07) is 8.43. The maximum absolute atomic E-state index is 13.0. The molecule has 1 amide bonds. The third-order valence-electron chi connectivity index (χ3n) is 3.08. The van der Waals surface area contributed by atoms with E-state index in [9.17, 15) is 13.6 Å². The summed E-state index contributed by atoms with van der Waals surface area (Å²) in [5, 5.41) is 5.28. The van der Waals surface area contributed by atoms with Crippen molar-refractivity contribution in [3.05, 3.63) is 35.9 Å². The first-order valence-electron chi connectivity index (χ1n) is 5.94. The highest BCUT2D eigenvalue weighted by atomic mass is 19.3. The molecule has 1 aromatic carbocycles. The van der Waals surface area contributed by atoms with Gasteiger partial charge in [0, 0.05) is 6.42 Å². The SMILES string of the molecule is CC(NC(=O)C1CC(F)(F)CN1)c1ccccc1. The van der Waals surface area contributed by atoms with Gasteiger partial charge in [-0.3, -0.25) is 10.1 Å². The van der Waals surface area contributed by atoms with Crippen LogP contribution in [0.3, 0.4) is 0 Å². The standard InChI is InChI=1S/C13H16F2N2O/c1-9(10-5-3-2-4-6-10)17-12(18)11-7-13(14,15)8-16-11/h2-6,9,11,16H,7-8H2,1H3,(H,17,18). The van der Waals surface area contributed by atoms with E-state index in [2.05, 4.69) is 10.6 Å². The number of carbonyl (C=O) groups excluding carboxylic acids is 1. The van der Waals surface area contributed by atoms with E-state index < -0.39 is 24.9 Å². The summed E-state index contributed by atoms with van der Waals surface area (Å²) in [6.07, 6.45) is -0.430. The molecule has 1 saturated heterocycles. The zero-order valence-corrected chi connectivity index (χ0v) is 10.1. The lowest BCUT2D eigenvalue weighted by molar-refractivity contribution is -0.124. The van der Waals surface area contributed by atoms with Gasteiger partial charge in [0.25, 0.3) is 5.92 Å². The topological polar surface area (TPSA) is 41.1 Å². The number of amides is 1. The molecule has 18 heavy (non-hydrogen) atoms. The molecule has 0 aliphatic carbocycles. The van der Waals surface area contributed by atoms with Gasteiger partial charge in [0.05, 0.1) is 18.6 Å². The molecule has 98 valence electrons. The van der Waals surface area contributed by atoms with E-state index in [1.807, 2.05) is 37.3 Å². The van der Waals surface area contributed by atoms with Gasteiger partial charge in [0.2, 0.25) is 5.91 Å². The van der Waals surface area contributed by atoms with Gasteiger partial charge in [-0.25, -0.2) is 8.78 Å². The summed E-state index contributed by atoms with van der Waals surface area (Å²) >= 11 is 0. The molecule has 5 heteroatoms. The van der Waals surface area contributed by atoms with Crippen molar-refractivity contribution in [2.24, 2.45) is 0 Å². The van der Waals surface area contributed by atoms with E-state index in [0.29, 0.717) is 0 Å².